The smallest absolute Gasteiger partial charge is 0.334 e. The second-order valence-electron chi connectivity index (χ2n) is 10.8. The van der Waals surface area contributed by atoms with Gasteiger partial charge < -0.3 is 33.2 Å². The molecule has 0 N–H and O–H groups in total. The number of carbonyl (C=O) groups is 5. The van der Waals surface area contributed by atoms with E-state index in [1.807, 2.05) is 0 Å². The summed E-state index contributed by atoms with van der Waals surface area (Å²) in [7, 11) is 0. The molecule has 41 heavy (non-hydrogen) atoms. The summed E-state index contributed by atoms with van der Waals surface area (Å²) in [5, 5.41) is 0. The fraction of sp³-hybridized carbons (Fsp3) is 0.621. The van der Waals surface area contributed by atoms with Crippen molar-refractivity contribution in [3.8, 4) is 0 Å². The van der Waals surface area contributed by atoms with Crippen LogP contribution in [-0.2, 0) is 57.1 Å². The van der Waals surface area contributed by atoms with Crippen molar-refractivity contribution in [2.24, 2.45) is 17.8 Å². The Balaban J connectivity index is 1.65. The van der Waals surface area contributed by atoms with E-state index in [1.54, 1.807) is 0 Å². The third-order valence-electron chi connectivity index (χ3n) is 7.99. The van der Waals surface area contributed by atoms with Crippen LogP contribution >= 0.6 is 0 Å². The molecule has 2 saturated carbocycles. The zero-order chi connectivity index (χ0) is 30.2. The molecular weight excluding hydrogens is 540 g/mol. The zero-order valence-electron chi connectivity index (χ0n) is 23.6. The fourth-order valence-electron chi connectivity index (χ4n) is 6.28. The van der Waals surface area contributed by atoms with Gasteiger partial charge in [-0.1, -0.05) is 25.3 Å². The van der Waals surface area contributed by atoms with Gasteiger partial charge in [0.1, 0.15) is 18.8 Å². The van der Waals surface area contributed by atoms with Crippen molar-refractivity contribution in [3.05, 3.63) is 36.5 Å². The summed E-state index contributed by atoms with van der Waals surface area (Å²) in [6.07, 6.45) is -5.79. The lowest BCUT2D eigenvalue weighted by molar-refractivity contribution is -0.314. The van der Waals surface area contributed by atoms with E-state index < -0.39 is 72.8 Å². The van der Waals surface area contributed by atoms with Crippen LogP contribution in [0, 0.1) is 17.8 Å². The van der Waals surface area contributed by atoms with Gasteiger partial charge in [0.05, 0.1) is 6.10 Å². The highest BCUT2D eigenvalue weighted by atomic mass is 16.7. The highest BCUT2D eigenvalue weighted by molar-refractivity contribution is 5.91. The molecule has 0 aromatic heterocycles. The molecule has 0 aromatic rings. The molecule has 12 nitrogen and oxygen atoms in total. The number of fused-ring (bicyclic) bond motifs is 3. The average Bonchev–Trinajstić information content (AvgIpc) is 3.29. The van der Waals surface area contributed by atoms with Crippen LogP contribution in [0.1, 0.15) is 47.0 Å². The normalized spacial score (nSPS) is 36.4. The minimum atomic E-state index is -1.35. The van der Waals surface area contributed by atoms with Crippen LogP contribution in [-0.4, -0.2) is 79.4 Å². The monoisotopic (exact) mass is 576 g/mol. The molecule has 4 fully saturated rings. The molecule has 0 radical (unpaired) electrons. The van der Waals surface area contributed by atoms with Crippen LogP contribution in [0.25, 0.3) is 0 Å². The van der Waals surface area contributed by atoms with E-state index in [9.17, 15) is 24.0 Å². The van der Waals surface area contributed by atoms with Gasteiger partial charge in [-0.15, -0.1) is 0 Å². The van der Waals surface area contributed by atoms with Crippen LogP contribution in [0.15, 0.2) is 36.5 Å². The third-order valence-corrected chi connectivity index (χ3v) is 7.99. The molecule has 4 rings (SSSR count). The van der Waals surface area contributed by atoms with Crippen LogP contribution in [0.3, 0.4) is 0 Å². The van der Waals surface area contributed by atoms with Crippen molar-refractivity contribution in [2.45, 2.75) is 89.9 Å². The molecular formula is C29H36O12. The number of esters is 5. The fourth-order valence-corrected chi connectivity index (χ4v) is 6.28. The van der Waals surface area contributed by atoms with Gasteiger partial charge in [0.2, 0.25) is 0 Å². The Bertz CT molecular complexity index is 1160. The number of carbonyl (C=O) groups excluding carboxylic acids is 5. The summed E-state index contributed by atoms with van der Waals surface area (Å²) in [6.45, 7) is 16.8. The van der Waals surface area contributed by atoms with Crippen LogP contribution in [0.4, 0.5) is 0 Å². The van der Waals surface area contributed by atoms with Crippen LogP contribution in [0.5, 0.6) is 0 Å². The molecule has 2 saturated heterocycles. The summed E-state index contributed by atoms with van der Waals surface area (Å²) < 4.78 is 39.8. The van der Waals surface area contributed by atoms with E-state index in [4.69, 9.17) is 33.2 Å². The van der Waals surface area contributed by atoms with E-state index in [0.29, 0.717) is 30.4 Å². The van der Waals surface area contributed by atoms with Gasteiger partial charge in [-0.05, 0) is 30.8 Å². The lowest BCUT2D eigenvalue weighted by Gasteiger charge is -2.44. The van der Waals surface area contributed by atoms with Gasteiger partial charge in [0.25, 0.3) is 0 Å². The molecule has 2 heterocycles. The molecule has 4 aliphatic rings. The van der Waals surface area contributed by atoms with Crippen molar-refractivity contribution in [3.63, 3.8) is 0 Å². The van der Waals surface area contributed by atoms with Crippen molar-refractivity contribution >= 4 is 29.8 Å². The first-order valence-corrected chi connectivity index (χ1v) is 13.5. The molecule has 10 unspecified atom stereocenters. The van der Waals surface area contributed by atoms with Crippen molar-refractivity contribution in [1.29, 1.82) is 0 Å². The summed E-state index contributed by atoms with van der Waals surface area (Å²) in [6, 6.07) is 0. The Kier molecular flexibility index (Phi) is 9.03. The number of hydrogen-bond donors (Lipinski definition) is 0. The minimum absolute atomic E-state index is 0.105. The van der Waals surface area contributed by atoms with Crippen molar-refractivity contribution in [2.75, 3.05) is 6.61 Å². The van der Waals surface area contributed by atoms with Gasteiger partial charge in [0, 0.05) is 45.1 Å². The molecule has 10 atom stereocenters. The van der Waals surface area contributed by atoms with Gasteiger partial charge >= 0.3 is 29.8 Å². The minimum Gasteiger partial charge on any atom is -0.463 e. The van der Waals surface area contributed by atoms with Crippen molar-refractivity contribution in [1.82, 2.24) is 0 Å². The maximum Gasteiger partial charge on any atom is 0.334 e. The largest absolute Gasteiger partial charge is 0.463 e. The van der Waals surface area contributed by atoms with E-state index in [-0.39, 0.29) is 24.4 Å². The van der Waals surface area contributed by atoms with E-state index in [2.05, 4.69) is 19.7 Å². The predicted molar refractivity (Wildman–Crippen MR) is 138 cm³/mol. The summed E-state index contributed by atoms with van der Waals surface area (Å²) in [5.41, 5.74) is 2.05. The second-order valence-corrected chi connectivity index (χ2v) is 10.8. The molecule has 2 aliphatic carbocycles. The zero-order valence-corrected chi connectivity index (χ0v) is 23.6. The summed E-state index contributed by atoms with van der Waals surface area (Å²) >= 11 is 0. The SMILES string of the molecule is C=C1C(=O)OC2C1CCC(=C)C1CC(OC3OC(COC(C)=O)C(OC(C)=O)C(OC(C)=O)C3OC(C)=O)C(=C)C12. The first kappa shape index (κ1) is 30.4. The molecule has 12 heteroatoms. The van der Waals surface area contributed by atoms with Gasteiger partial charge in [-0.2, -0.15) is 0 Å². The van der Waals surface area contributed by atoms with Crippen LogP contribution in [0.2, 0.25) is 0 Å². The van der Waals surface area contributed by atoms with Gasteiger partial charge in [-0.25, -0.2) is 4.79 Å². The van der Waals surface area contributed by atoms with E-state index in [0.717, 1.165) is 26.3 Å². The lowest BCUT2D eigenvalue weighted by atomic mass is 9.82. The molecule has 0 amide bonds. The quantitative estimate of drug-likeness (QED) is 0.189. The highest BCUT2D eigenvalue weighted by Crippen LogP contribution is 2.53. The van der Waals surface area contributed by atoms with E-state index in [1.165, 1.54) is 6.92 Å². The van der Waals surface area contributed by atoms with E-state index >= 15 is 0 Å². The highest BCUT2D eigenvalue weighted by Gasteiger charge is 2.57. The molecule has 0 aromatic carbocycles. The molecule has 2 aliphatic heterocycles. The first-order chi connectivity index (χ1) is 19.3. The summed E-state index contributed by atoms with van der Waals surface area (Å²) in [4.78, 5) is 60.2. The van der Waals surface area contributed by atoms with Gasteiger partial charge in [0.15, 0.2) is 24.6 Å². The number of ether oxygens (including phenoxy) is 7. The topological polar surface area (TPSA) is 150 Å². The van der Waals surface area contributed by atoms with Crippen LogP contribution < -0.4 is 0 Å². The average molecular weight is 577 g/mol. The third kappa shape index (κ3) is 6.38. The predicted octanol–water partition coefficient (Wildman–Crippen LogP) is 2.09. The molecule has 224 valence electrons. The summed E-state index contributed by atoms with van der Waals surface area (Å²) in [5.74, 6) is -3.81. The Labute approximate surface area is 237 Å². The standard InChI is InChI=1S/C29H36O12/c1-12-8-9-19-13(2)28(34)41-24(19)23-14(3)21(10-20(12)23)39-29-27(38-18(7)33)26(37-17(6)32)25(36-16(5)31)22(40-29)11-35-15(4)30/h19-27,29H,1-3,8-11H2,4-7H3. The Morgan fingerprint density at radius 3 is 2.07 bits per heavy atom. The number of hydrogen-bond acceptors (Lipinski definition) is 12. The Morgan fingerprint density at radius 1 is 0.854 bits per heavy atom. The number of allylic oxidation sites excluding steroid dienone is 1. The maximum atomic E-state index is 12.4. The first-order valence-electron chi connectivity index (χ1n) is 13.5. The lowest BCUT2D eigenvalue weighted by Crippen LogP contribution is -2.63. The van der Waals surface area contributed by atoms with Crippen molar-refractivity contribution < 1.29 is 57.1 Å². The Hall–Kier alpha value is -3.51. The van der Waals surface area contributed by atoms with Gasteiger partial charge in [-0.3, -0.25) is 19.2 Å². The number of rotatable bonds is 7. The Morgan fingerprint density at radius 2 is 1.46 bits per heavy atom. The second kappa shape index (κ2) is 12.2. The molecule has 0 bridgehead atoms. The maximum absolute atomic E-state index is 12.4. The molecule has 0 spiro atoms.